The molecule has 1 aromatic carbocycles. The van der Waals surface area contributed by atoms with Gasteiger partial charge in [-0.2, -0.15) is 0 Å². The zero-order valence-corrected chi connectivity index (χ0v) is 13.7. The summed E-state index contributed by atoms with van der Waals surface area (Å²) in [5.41, 5.74) is 2.82. The average molecular weight is 332 g/mol. The SMILES string of the molecule is Cl.Cl.O=C(O)C1CCCCC1CN1Cc2ccccc2C1. The van der Waals surface area contributed by atoms with Crippen LogP contribution >= 0.6 is 24.8 Å². The summed E-state index contributed by atoms with van der Waals surface area (Å²) in [4.78, 5) is 13.8. The van der Waals surface area contributed by atoms with E-state index >= 15 is 0 Å². The minimum absolute atomic E-state index is 0. The van der Waals surface area contributed by atoms with E-state index < -0.39 is 5.97 Å². The number of carboxylic acids is 1. The summed E-state index contributed by atoms with van der Waals surface area (Å²) in [5, 5.41) is 9.34. The smallest absolute Gasteiger partial charge is 0.306 e. The Morgan fingerprint density at radius 3 is 2.24 bits per heavy atom. The molecule has 1 aliphatic carbocycles. The number of nitrogens with zero attached hydrogens (tertiary/aromatic N) is 1. The van der Waals surface area contributed by atoms with Gasteiger partial charge in [0.1, 0.15) is 0 Å². The molecule has 118 valence electrons. The Morgan fingerprint density at radius 2 is 1.67 bits per heavy atom. The van der Waals surface area contributed by atoms with E-state index in [2.05, 4.69) is 29.2 Å². The Morgan fingerprint density at radius 1 is 1.10 bits per heavy atom. The lowest BCUT2D eigenvalue weighted by Crippen LogP contribution is -2.35. The van der Waals surface area contributed by atoms with Crippen LogP contribution in [-0.2, 0) is 17.9 Å². The van der Waals surface area contributed by atoms with Crippen LogP contribution in [0, 0.1) is 11.8 Å². The van der Waals surface area contributed by atoms with Gasteiger partial charge in [0.05, 0.1) is 5.92 Å². The number of carboxylic acid groups (broad SMARTS) is 1. The van der Waals surface area contributed by atoms with E-state index in [0.29, 0.717) is 5.92 Å². The topological polar surface area (TPSA) is 40.5 Å². The minimum atomic E-state index is -0.596. The molecule has 0 bridgehead atoms. The van der Waals surface area contributed by atoms with Crippen molar-refractivity contribution < 1.29 is 9.90 Å². The molecule has 1 saturated carbocycles. The van der Waals surface area contributed by atoms with Gasteiger partial charge in [0, 0.05) is 19.6 Å². The highest BCUT2D eigenvalue weighted by Gasteiger charge is 2.33. The molecule has 1 N–H and O–H groups in total. The quantitative estimate of drug-likeness (QED) is 0.917. The maximum atomic E-state index is 11.3. The number of rotatable bonds is 3. The van der Waals surface area contributed by atoms with Crippen molar-refractivity contribution in [1.29, 1.82) is 0 Å². The number of halogens is 2. The van der Waals surface area contributed by atoms with Gasteiger partial charge in [0.15, 0.2) is 0 Å². The lowest BCUT2D eigenvalue weighted by molar-refractivity contribution is -0.145. The van der Waals surface area contributed by atoms with Gasteiger partial charge in [-0.25, -0.2) is 0 Å². The molecule has 2 unspecified atom stereocenters. The van der Waals surface area contributed by atoms with E-state index in [1.807, 2.05) is 0 Å². The van der Waals surface area contributed by atoms with Gasteiger partial charge < -0.3 is 5.11 Å². The molecule has 1 heterocycles. The van der Waals surface area contributed by atoms with Crippen molar-refractivity contribution >= 4 is 30.8 Å². The van der Waals surface area contributed by atoms with Crippen LogP contribution in [0.15, 0.2) is 24.3 Å². The van der Waals surface area contributed by atoms with Crippen molar-refractivity contribution in [2.24, 2.45) is 11.8 Å². The molecule has 1 aromatic rings. The highest BCUT2D eigenvalue weighted by atomic mass is 35.5. The first-order valence-electron chi connectivity index (χ1n) is 7.26. The molecule has 2 aliphatic rings. The monoisotopic (exact) mass is 331 g/mol. The number of carbonyl (C=O) groups is 1. The van der Waals surface area contributed by atoms with Crippen LogP contribution in [0.2, 0.25) is 0 Å². The molecule has 0 saturated heterocycles. The second kappa shape index (κ2) is 8.02. The number of hydrogen-bond acceptors (Lipinski definition) is 2. The van der Waals surface area contributed by atoms with E-state index in [9.17, 15) is 9.90 Å². The Hall–Kier alpha value is -0.770. The van der Waals surface area contributed by atoms with Gasteiger partial charge in [0.2, 0.25) is 0 Å². The molecule has 1 aliphatic heterocycles. The lowest BCUT2D eigenvalue weighted by Gasteiger charge is -2.31. The Balaban J connectivity index is 0.00000110. The van der Waals surface area contributed by atoms with E-state index in [4.69, 9.17) is 0 Å². The molecule has 5 heteroatoms. The van der Waals surface area contributed by atoms with Crippen LogP contribution in [0.5, 0.6) is 0 Å². The lowest BCUT2D eigenvalue weighted by atomic mass is 9.79. The fourth-order valence-corrected chi connectivity index (χ4v) is 3.62. The molecule has 21 heavy (non-hydrogen) atoms. The molecular formula is C16H23Cl2NO2. The largest absolute Gasteiger partial charge is 0.481 e. The van der Waals surface area contributed by atoms with Crippen LogP contribution in [-0.4, -0.2) is 22.5 Å². The summed E-state index contributed by atoms with van der Waals surface area (Å²) < 4.78 is 0. The molecule has 2 atom stereocenters. The Labute approximate surface area is 138 Å². The van der Waals surface area contributed by atoms with Gasteiger partial charge >= 0.3 is 5.97 Å². The molecule has 3 rings (SSSR count). The van der Waals surface area contributed by atoms with Crippen LogP contribution in [0.3, 0.4) is 0 Å². The molecule has 1 fully saturated rings. The molecule has 3 nitrogen and oxygen atoms in total. The highest BCUT2D eigenvalue weighted by Crippen LogP contribution is 2.33. The number of hydrogen-bond donors (Lipinski definition) is 1. The standard InChI is InChI=1S/C16H21NO2.2ClH/c18-16(19)15-8-4-3-7-14(15)11-17-9-12-5-1-2-6-13(12)10-17;;/h1-2,5-6,14-15H,3-4,7-11H2,(H,18,19);2*1H. The van der Waals surface area contributed by atoms with Crippen LogP contribution in [0.4, 0.5) is 0 Å². The third-order valence-corrected chi connectivity index (χ3v) is 4.63. The van der Waals surface area contributed by atoms with Crippen molar-refractivity contribution in [3.8, 4) is 0 Å². The Bertz CT molecular complexity index is 456. The average Bonchev–Trinajstić information content (AvgIpc) is 2.81. The van der Waals surface area contributed by atoms with Crippen LogP contribution < -0.4 is 0 Å². The van der Waals surface area contributed by atoms with E-state index in [1.165, 1.54) is 17.5 Å². The zero-order chi connectivity index (χ0) is 13.2. The van der Waals surface area contributed by atoms with E-state index in [1.54, 1.807) is 0 Å². The van der Waals surface area contributed by atoms with Gasteiger partial charge in [-0.05, 0) is 29.9 Å². The first kappa shape index (κ1) is 18.3. The van der Waals surface area contributed by atoms with Gasteiger partial charge in [-0.3, -0.25) is 9.69 Å². The zero-order valence-electron chi connectivity index (χ0n) is 12.0. The normalized spacial score (nSPS) is 24.6. The van der Waals surface area contributed by atoms with Crippen LogP contribution in [0.1, 0.15) is 36.8 Å². The Kier molecular flexibility index (Phi) is 6.98. The number of aliphatic carboxylic acids is 1. The highest BCUT2D eigenvalue weighted by molar-refractivity contribution is 5.85. The van der Waals surface area contributed by atoms with Gasteiger partial charge in [0.25, 0.3) is 0 Å². The summed E-state index contributed by atoms with van der Waals surface area (Å²) >= 11 is 0. The summed E-state index contributed by atoms with van der Waals surface area (Å²) in [6.07, 6.45) is 4.20. The molecular weight excluding hydrogens is 309 g/mol. The maximum absolute atomic E-state index is 11.3. The summed E-state index contributed by atoms with van der Waals surface area (Å²) in [6.45, 7) is 2.91. The second-order valence-electron chi connectivity index (χ2n) is 5.93. The fourth-order valence-electron chi connectivity index (χ4n) is 3.62. The molecule has 0 spiro atoms. The summed E-state index contributed by atoms with van der Waals surface area (Å²) in [6, 6.07) is 8.54. The minimum Gasteiger partial charge on any atom is -0.481 e. The van der Waals surface area contributed by atoms with Crippen molar-refractivity contribution in [2.45, 2.75) is 38.8 Å². The predicted molar refractivity (Wildman–Crippen MR) is 88.1 cm³/mol. The van der Waals surface area contributed by atoms with Gasteiger partial charge in [-0.1, -0.05) is 37.1 Å². The van der Waals surface area contributed by atoms with Crippen molar-refractivity contribution in [2.75, 3.05) is 6.54 Å². The fraction of sp³-hybridized carbons (Fsp3) is 0.562. The first-order valence-corrected chi connectivity index (χ1v) is 7.26. The number of fused-ring (bicyclic) bond motifs is 1. The molecule has 0 radical (unpaired) electrons. The van der Waals surface area contributed by atoms with Crippen LogP contribution in [0.25, 0.3) is 0 Å². The first-order chi connectivity index (χ1) is 9.24. The molecule has 0 amide bonds. The predicted octanol–water partition coefficient (Wildman–Crippen LogP) is 3.74. The van der Waals surface area contributed by atoms with Gasteiger partial charge in [-0.15, -0.1) is 24.8 Å². The van der Waals surface area contributed by atoms with Crippen molar-refractivity contribution in [1.82, 2.24) is 4.90 Å². The van der Waals surface area contributed by atoms with Crippen molar-refractivity contribution in [3.63, 3.8) is 0 Å². The second-order valence-corrected chi connectivity index (χ2v) is 5.93. The van der Waals surface area contributed by atoms with E-state index in [-0.39, 0.29) is 30.7 Å². The third kappa shape index (κ3) is 4.12. The van der Waals surface area contributed by atoms with Crippen molar-refractivity contribution in [3.05, 3.63) is 35.4 Å². The van der Waals surface area contributed by atoms with E-state index in [0.717, 1.165) is 38.9 Å². The summed E-state index contributed by atoms with van der Waals surface area (Å²) in [5.74, 6) is -0.389. The summed E-state index contributed by atoms with van der Waals surface area (Å²) in [7, 11) is 0. The maximum Gasteiger partial charge on any atom is 0.306 e. The molecule has 0 aromatic heterocycles. The third-order valence-electron chi connectivity index (χ3n) is 4.63. The number of benzene rings is 1.